The predicted octanol–water partition coefficient (Wildman–Crippen LogP) is -0.0693. The molecule has 0 heterocycles. The Balaban J connectivity index is 2.56. The minimum atomic E-state index is -3.54. The van der Waals surface area contributed by atoms with E-state index in [-0.39, 0.29) is 30.3 Å². The third-order valence-corrected chi connectivity index (χ3v) is 4.12. The molecule has 0 saturated heterocycles. The molecule has 0 aliphatic carbocycles. The molecule has 114 valence electrons. The summed E-state index contributed by atoms with van der Waals surface area (Å²) in [7, 11) is -3.54. The van der Waals surface area contributed by atoms with Gasteiger partial charge in [-0.1, -0.05) is 11.8 Å². The molecule has 0 radical (unpaired) electrons. The molecule has 1 aromatic rings. The molecule has 1 rings (SSSR count). The van der Waals surface area contributed by atoms with Crippen molar-refractivity contribution in [3.05, 3.63) is 29.8 Å². The quantitative estimate of drug-likeness (QED) is 0.483. The summed E-state index contributed by atoms with van der Waals surface area (Å²) in [4.78, 5) is 10.7. The van der Waals surface area contributed by atoms with Crippen LogP contribution in [0.4, 0.5) is 0 Å². The van der Waals surface area contributed by atoms with E-state index < -0.39 is 10.0 Å². The molecule has 1 aromatic carbocycles. The zero-order chi connectivity index (χ0) is 15.7. The van der Waals surface area contributed by atoms with Crippen LogP contribution < -0.4 is 16.2 Å². The number of sulfonamides is 1. The molecule has 0 spiro atoms. The Morgan fingerprint density at radius 1 is 1.19 bits per heavy atom. The number of primary amides is 1. The molecule has 0 aromatic heterocycles. The van der Waals surface area contributed by atoms with Crippen LogP contribution in [0.1, 0.15) is 24.8 Å². The lowest BCUT2D eigenvalue weighted by molar-refractivity contribution is -0.118. The van der Waals surface area contributed by atoms with Crippen molar-refractivity contribution >= 4 is 15.9 Å². The van der Waals surface area contributed by atoms with E-state index >= 15 is 0 Å². The van der Waals surface area contributed by atoms with Gasteiger partial charge in [-0.15, -0.1) is 0 Å². The average Bonchev–Trinajstić information content (AvgIpc) is 2.44. The fourth-order valence-electron chi connectivity index (χ4n) is 1.58. The number of carbonyl (C=O) groups is 1. The minimum Gasteiger partial charge on any atom is -0.370 e. The molecule has 0 bridgehead atoms. The maximum absolute atomic E-state index is 12.0. The van der Waals surface area contributed by atoms with Gasteiger partial charge >= 0.3 is 0 Å². The summed E-state index contributed by atoms with van der Waals surface area (Å²) in [6.45, 7) is 0.525. The molecule has 0 atom stereocenters. The van der Waals surface area contributed by atoms with E-state index in [1.807, 2.05) is 0 Å². The molecule has 1 amide bonds. The van der Waals surface area contributed by atoms with Crippen LogP contribution in [0.25, 0.3) is 0 Å². The van der Waals surface area contributed by atoms with Gasteiger partial charge in [0.1, 0.15) is 0 Å². The Kier molecular flexibility index (Phi) is 6.88. The second kappa shape index (κ2) is 8.42. The molecule has 21 heavy (non-hydrogen) atoms. The Bertz CT molecular complexity index is 628. The highest BCUT2D eigenvalue weighted by Crippen LogP contribution is 2.10. The van der Waals surface area contributed by atoms with Gasteiger partial charge in [-0.05, 0) is 37.1 Å². The second-order valence-electron chi connectivity index (χ2n) is 4.35. The van der Waals surface area contributed by atoms with E-state index in [0.717, 1.165) is 0 Å². The number of unbranched alkanes of at least 4 members (excludes halogenated alkanes) is 1. The van der Waals surface area contributed by atoms with Crippen LogP contribution in [0.15, 0.2) is 29.2 Å². The first kappa shape index (κ1) is 17.2. The summed E-state index contributed by atoms with van der Waals surface area (Å²) in [5.74, 6) is 5.13. The van der Waals surface area contributed by atoms with Crippen LogP contribution in [-0.2, 0) is 14.8 Å². The summed E-state index contributed by atoms with van der Waals surface area (Å²) >= 11 is 0. The zero-order valence-corrected chi connectivity index (χ0v) is 12.4. The third kappa shape index (κ3) is 6.40. The van der Waals surface area contributed by atoms with Crippen molar-refractivity contribution in [1.29, 1.82) is 0 Å². The number of nitrogens with one attached hydrogen (secondary N) is 1. The van der Waals surface area contributed by atoms with Crippen molar-refractivity contribution < 1.29 is 13.2 Å². The Hall–Kier alpha value is -1.88. The van der Waals surface area contributed by atoms with Crippen LogP contribution in [0.5, 0.6) is 0 Å². The van der Waals surface area contributed by atoms with Crippen molar-refractivity contribution in [1.82, 2.24) is 4.72 Å². The van der Waals surface area contributed by atoms with Crippen molar-refractivity contribution in [2.24, 2.45) is 11.5 Å². The Morgan fingerprint density at radius 3 is 2.43 bits per heavy atom. The average molecular weight is 309 g/mol. The highest BCUT2D eigenvalue weighted by Gasteiger charge is 2.12. The number of carbonyl (C=O) groups excluding carboxylic acids is 1. The SMILES string of the molecule is NCC#Cc1ccc(S(=O)(=O)NCCCCC(N)=O)cc1. The number of benzene rings is 1. The third-order valence-electron chi connectivity index (χ3n) is 2.64. The zero-order valence-electron chi connectivity index (χ0n) is 11.6. The molecule has 6 nitrogen and oxygen atoms in total. The number of nitrogens with two attached hydrogens (primary N) is 2. The first-order valence-corrected chi connectivity index (χ1v) is 8.01. The van der Waals surface area contributed by atoms with Gasteiger partial charge in [0.05, 0.1) is 11.4 Å². The van der Waals surface area contributed by atoms with Gasteiger partial charge in [0.2, 0.25) is 15.9 Å². The van der Waals surface area contributed by atoms with Crippen molar-refractivity contribution in [2.75, 3.05) is 13.1 Å². The number of amides is 1. The van der Waals surface area contributed by atoms with Crippen LogP contribution in [0.2, 0.25) is 0 Å². The molecular formula is C14H19N3O3S. The van der Waals surface area contributed by atoms with E-state index in [0.29, 0.717) is 18.4 Å². The fraction of sp³-hybridized carbons (Fsp3) is 0.357. The van der Waals surface area contributed by atoms with E-state index in [1.165, 1.54) is 12.1 Å². The van der Waals surface area contributed by atoms with Gasteiger partial charge in [-0.25, -0.2) is 13.1 Å². The molecule has 0 aliphatic rings. The normalized spacial score (nSPS) is 10.7. The van der Waals surface area contributed by atoms with Crippen LogP contribution in [0.3, 0.4) is 0 Å². The van der Waals surface area contributed by atoms with Crippen molar-refractivity contribution in [3.8, 4) is 11.8 Å². The van der Waals surface area contributed by atoms with Gasteiger partial charge in [-0.3, -0.25) is 4.79 Å². The van der Waals surface area contributed by atoms with E-state index in [4.69, 9.17) is 11.5 Å². The lowest BCUT2D eigenvalue weighted by Gasteiger charge is -2.06. The van der Waals surface area contributed by atoms with Gasteiger partial charge in [0, 0.05) is 18.5 Å². The lowest BCUT2D eigenvalue weighted by Crippen LogP contribution is -2.25. The van der Waals surface area contributed by atoms with Gasteiger partial charge in [0.25, 0.3) is 0 Å². The lowest BCUT2D eigenvalue weighted by atomic mass is 10.2. The fourth-order valence-corrected chi connectivity index (χ4v) is 2.66. The Morgan fingerprint density at radius 2 is 1.86 bits per heavy atom. The Labute approximate surface area is 125 Å². The molecule has 7 heteroatoms. The summed E-state index contributed by atoms with van der Waals surface area (Å²) in [5.41, 5.74) is 11.0. The molecule has 5 N–H and O–H groups in total. The first-order chi connectivity index (χ1) is 9.95. The van der Waals surface area contributed by atoms with Crippen LogP contribution in [0, 0.1) is 11.8 Å². The van der Waals surface area contributed by atoms with Gasteiger partial charge in [0.15, 0.2) is 0 Å². The van der Waals surface area contributed by atoms with Crippen molar-refractivity contribution in [2.45, 2.75) is 24.2 Å². The molecular weight excluding hydrogens is 290 g/mol. The summed E-state index contributed by atoms with van der Waals surface area (Å²) in [5, 5.41) is 0. The van der Waals surface area contributed by atoms with E-state index in [2.05, 4.69) is 16.6 Å². The van der Waals surface area contributed by atoms with Crippen LogP contribution >= 0.6 is 0 Å². The summed E-state index contributed by atoms with van der Waals surface area (Å²) in [6.07, 6.45) is 1.38. The smallest absolute Gasteiger partial charge is 0.240 e. The van der Waals surface area contributed by atoms with Crippen LogP contribution in [-0.4, -0.2) is 27.4 Å². The topological polar surface area (TPSA) is 115 Å². The maximum atomic E-state index is 12.0. The molecule has 0 unspecified atom stereocenters. The standard InChI is InChI=1S/C14H19N3O3S/c15-10-3-4-12-6-8-13(9-7-12)21(19,20)17-11-2-1-5-14(16)18/h6-9,17H,1-2,5,10-11,15H2,(H2,16,18). The molecule has 0 aliphatic heterocycles. The monoisotopic (exact) mass is 309 g/mol. The van der Waals surface area contributed by atoms with Gasteiger partial charge in [-0.2, -0.15) is 0 Å². The minimum absolute atomic E-state index is 0.177. The number of hydrogen-bond acceptors (Lipinski definition) is 4. The van der Waals surface area contributed by atoms with Gasteiger partial charge < -0.3 is 11.5 Å². The highest BCUT2D eigenvalue weighted by atomic mass is 32.2. The molecule has 0 fully saturated rings. The van der Waals surface area contributed by atoms with E-state index in [1.54, 1.807) is 12.1 Å². The maximum Gasteiger partial charge on any atom is 0.240 e. The highest BCUT2D eigenvalue weighted by molar-refractivity contribution is 7.89. The summed E-state index contributed by atoms with van der Waals surface area (Å²) < 4.78 is 26.5. The summed E-state index contributed by atoms with van der Waals surface area (Å²) in [6, 6.07) is 6.24. The second-order valence-corrected chi connectivity index (χ2v) is 6.12. The molecule has 0 saturated carbocycles. The number of rotatable bonds is 7. The van der Waals surface area contributed by atoms with E-state index in [9.17, 15) is 13.2 Å². The number of hydrogen-bond donors (Lipinski definition) is 3. The predicted molar refractivity (Wildman–Crippen MR) is 80.6 cm³/mol. The largest absolute Gasteiger partial charge is 0.370 e. The first-order valence-electron chi connectivity index (χ1n) is 6.52. The van der Waals surface area contributed by atoms with Crippen molar-refractivity contribution in [3.63, 3.8) is 0 Å².